The van der Waals surface area contributed by atoms with Gasteiger partial charge in [-0.05, 0) is 23.8 Å². The molecule has 0 fully saturated rings. The topological polar surface area (TPSA) is 122 Å². The lowest BCUT2D eigenvalue weighted by atomic mass is 10.0. The zero-order valence-electron chi connectivity index (χ0n) is 16.5. The van der Waals surface area contributed by atoms with Crippen molar-refractivity contribution >= 4 is 39.4 Å². The number of aromatic nitrogens is 1. The predicted molar refractivity (Wildman–Crippen MR) is 115 cm³/mol. The number of amides is 1. The average molecular weight is 433 g/mol. The van der Waals surface area contributed by atoms with Crippen LogP contribution < -0.4 is 5.32 Å². The van der Waals surface area contributed by atoms with E-state index < -0.39 is 34.3 Å². The van der Waals surface area contributed by atoms with E-state index in [1.165, 1.54) is 6.07 Å². The minimum atomic E-state index is -1.39. The number of benzene rings is 3. The minimum absolute atomic E-state index is 0.204. The molecule has 1 heterocycles. The van der Waals surface area contributed by atoms with Crippen molar-refractivity contribution < 1.29 is 24.0 Å². The molecule has 0 radical (unpaired) electrons. The molecule has 3 aromatic carbocycles. The van der Waals surface area contributed by atoms with Gasteiger partial charge in [-0.3, -0.25) is 14.9 Å². The number of carboxylic acids is 1. The van der Waals surface area contributed by atoms with Crippen molar-refractivity contribution in [1.29, 1.82) is 0 Å². The van der Waals surface area contributed by atoms with Crippen LogP contribution in [0.2, 0.25) is 0 Å². The summed E-state index contributed by atoms with van der Waals surface area (Å²) in [7, 11) is 0. The first-order valence-electron chi connectivity index (χ1n) is 9.59. The summed E-state index contributed by atoms with van der Waals surface area (Å²) in [6.07, 6.45) is -0.261. The molecule has 1 amide bonds. The summed E-state index contributed by atoms with van der Waals surface area (Å²) < 4.78 is 13.6. The molecule has 0 aliphatic heterocycles. The third-order valence-corrected chi connectivity index (χ3v) is 5.07. The van der Waals surface area contributed by atoms with Gasteiger partial charge >= 0.3 is 11.7 Å². The molecule has 160 valence electrons. The Labute approximate surface area is 180 Å². The number of para-hydroxylation sites is 2. The lowest BCUT2D eigenvalue weighted by molar-refractivity contribution is -0.387. The van der Waals surface area contributed by atoms with Crippen molar-refractivity contribution in [3.8, 4) is 0 Å². The highest BCUT2D eigenvalue weighted by Gasteiger charge is 2.25. The van der Waals surface area contributed by atoms with Crippen molar-refractivity contribution in [1.82, 2.24) is 10.3 Å². The molecule has 9 heteroatoms. The first-order valence-corrected chi connectivity index (χ1v) is 9.59. The number of carbonyl (C=O) groups is 2. The van der Waals surface area contributed by atoms with Gasteiger partial charge in [-0.1, -0.05) is 42.5 Å². The molecule has 0 unspecified atom stereocenters. The fourth-order valence-corrected chi connectivity index (χ4v) is 3.58. The van der Waals surface area contributed by atoms with Crippen LogP contribution in [0.5, 0.6) is 0 Å². The zero-order valence-corrected chi connectivity index (χ0v) is 16.5. The number of nitrogens with one attached hydrogen (secondary N) is 1. The van der Waals surface area contributed by atoms with Crippen LogP contribution >= 0.6 is 0 Å². The molecule has 0 saturated heterocycles. The Bertz CT molecular complexity index is 1330. The molecular formula is C23H16FN3O5. The SMILES string of the molecule is O=C(N[C@@H](Cc1ccc(F)c([N+](=O)[O-])c1)C(=O)O)c1c2ccccc2nc2ccccc12. The maximum atomic E-state index is 13.6. The monoisotopic (exact) mass is 433 g/mol. The number of nitro benzene ring substituents is 1. The molecule has 0 aliphatic rings. The molecule has 0 saturated carbocycles. The van der Waals surface area contributed by atoms with Crippen molar-refractivity contribution in [2.24, 2.45) is 0 Å². The summed E-state index contributed by atoms with van der Waals surface area (Å²) in [5.74, 6) is -2.97. The van der Waals surface area contributed by atoms with Gasteiger partial charge in [0.25, 0.3) is 5.91 Å². The van der Waals surface area contributed by atoms with Crippen LogP contribution in [0.4, 0.5) is 10.1 Å². The van der Waals surface area contributed by atoms with Crippen LogP contribution in [0.25, 0.3) is 21.8 Å². The molecule has 1 atom stereocenters. The number of halogens is 1. The number of rotatable bonds is 6. The Morgan fingerprint density at radius 3 is 2.19 bits per heavy atom. The second kappa shape index (κ2) is 8.38. The molecule has 4 rings (SSSR count). The highest BCUT2D eigenvalue weighted by Crippen LogP contribution is 2.26. The number of aliphatic carboxylic acids is 1. The van der Waals surface area contributed by atoms with E-state index in [2.05, 4.69) is 10.3 Å². The van der Waals surface area contributed by atoms with E-state index in [1.807, 2.05) is 0 Å². The molecule has 4 aromatic rings. The zero-order chi connectivity index (χ0) is 22.8. The Balaban J connectivity index is 1.71. The lowest BCUT2D eigenvalue weighted by Gasteiger charge is -2.17. The van der Waals surface area contributed by atoms with E-state index >= 15 is 0 Å². The van der Waals surface area contributed by atoms with Gasteiger partial charge in [-0.2, -0.15) is 4.39 Å². The van der Waals surface area contributed by atoms with Crippen molar-refractivity contribution in [2.45, 2.75) is 12.5 Å². The number of nitro groups is 1. The van der Waals surface area contributed by atoms with Crippen LogP contribution in [0.1, 0.15) is 15.9 Å². The predicted octanol–water partition coefficient (Wildman–Crippen LogP) is 3.86. The standard InChI is InChI=1S/C23H16FN3O5/c24-16-10-9-13(12-20(16)27(31)32)11-19(23(29)30)26-22(28)21-14-5-1-3-7-17(14)25-18-8-4-2-6-15(18)21/h1-10,12,19H,11H2,(H,26,28)(H,29,30)/t19-/m0/s1. The summed E-state index contributed by atoms with van der Waals surface area (Å²) >= 11 is 0. The molecule has 0 bridgehead atoms. The maximum absolute atomic E-state index is 13.6. The van der Waals surface area contributed by atoms with Crippen LogP contribution in [0.3, 0.4) is 0 Å². The van der Waals surface area contributed by atoms with Gasteiger partial charge in [0.15, 0.2) is 0 Å². The number of carbonyl (C=O) groups excluding carboxylic acids is 1. The summed E-state index contributed by atoms with van der Waals surface area (Å²) in [6, 6.07) is 15.8. The fourth-order valence-electron chi connectivity index (χ4n) is 3.58. The third-order valence-electron chi connectivity index (χ3n) is 5.07. The van der Waals surface area contributed by atoms with Gasteiger partial charge in [-0.15, -0.1) is 0 Å². The quantitative estimate of drug-likeness (QED) is 0.270. The number of hydrogen-bond donors (Lipinski definition) is 2. The van der Waals surface area contributed by atoms with Crippen LogP contribution in [0, 0.1) is 15.9 Å². The Morgan fingerprint density at radius 1 is 1.03 bits per heavy atom. The second-order valence-corrected chi connectivity index (χ2v) is 7.13. The molecule has 32 heavy (non-hydrogen) atoms. The summed E-state index contributed by atoms with van der Waals surface area (Å²) in [5.41, 5.74) is 0.886. The normalized spacial score (nSPS) is 11.9. The molecule has 0 spiro atoms. The highest BCUT2D eigenvalue weighted by molar-refractivity contribution is 6.16. The van der Waals surface area contributed by atoms with E-state index in [0.29, 0.717) is 21.8 Å². The van der Waals surface area contributed by atoms with Crippen LogP contribution in [-0.4, -0.2) is 32.9 Å². The number of pyridine rings is 1. The van der Waals surface area contributed by atoms with E-state index in [0.717, 1.165) is 12.1 Å². The average Bonchev–Trinajstić information content (AvgIpc) is 2.77. The van der Waals surface area contributed by atoms with Gasteiger partial charge in [-0.25, -0.2) is 9.78 Å². The maximum Gasteiger partial charge on any atom is 0.326 e. The van der Waals surface area contributed by atoms with Crippen molar-refractivity contribution in [3.63, 3.8) is 0 Å². The van der Waals surface area contributed by atoms with Gasteiger partial charge in [0, 0.05) is 23.3 Å². The van der Waals surface area contributed by atoms with E-state index in [4.69, 9.17) is 0 Å². The van der Waals surface area contributed by atoms with E-state index in [1.54, 1.807) is 48.5 Å². The van der Waals surface area contributed by atoms with E-state index in [-0.39, 0.29) is 17.5 Å². The number of fused-ring (bicyclic) bond motifs is 2. The molecule has 1 aromatic heterocycles. The largest absolute Gasteiger partial charge is 0.480 e. The second-order valence-electron chi connectivity index (χ2n) is 7.13. The fraction of sp³-hybridized carbons (Fsp3) is 0.0870. The minimum Gasteiger partial charge on any atom is -0.480 e. The van der Waals surface area contributed by atoms with Crippen LogP contribution in [-0.2, 0) is 11.2 Å². The highest BCUT2D eigenvalue weighted by atomic mass is 19.1. The number of nitrogens with zero attached hydrogens (tertiary/aromatic N) is 2. The molecular weight excluding hydrogens is 417 g/mol. The first kappa shape index (κ1) is 20.9. The van der Waals surface area contributed by atoms with Gasteiger partial charge in [0.1, 0.15) is 6.04 Å². The molecule has 8 nitrogen and oxygen atoms in total. The third kappa shape index (κ3) is 3.95. The van der Waals surface area contributed by atoms with Gasteiger partial charge in [0.05, 0.1) is 21.5 Å². The summed E-state index contributed by atoms with van der Waals surface area (Å²) in [5, 5.41) is 24.3. The molecule has 2 N–H and O–H groups in total. The van der Waals surface area contributed by atoms with Gasteiger partial charge in [0.2, 0.25) is 5.82 Å². The van der Waals surface area contributed by atoms with Crippen LogP contribution in [0.15, 0.2) is 66.7 Å². The summed E-state index contributed by atoms with van der Waals surface area (Å²) in [4.78, 5) is 39.7. The Hall–Kier alpha value is -4.40. The van der Waals surface area contributed by atoms with E-state index in [9.17, 15) is 29.2 Å². The first-order chi connectivity index (χ1) is 15.3. The Morgan fingerprint density at radius 2 is 1.62 bits per heavy atom. The smallest absolute Gasteiger partial charge is 0.326 e. The van der Waals surface area contributed by atoms with Gasteiger partial charge < -0.3 is 10.4 Å². The van der Waals surface area contributed by atoms with Crippen molar-refractivity contribution in [3.05, 3.63) is 93.8 Å². The number of hydrogen-bond acceptors (Lipinski definition) is 5. The summed E-state index contributed by atoms with van der Waals surface area (Å²) in [6.45, 7) is 0. The lowest BCUT2D eigenvalue weighted by Crippen LogP contribution is -2.42. The molecule has 0 aliphatic carbocycles. The number of carboxylic acid groups (broad SMARTS) is 1. The Kier molecular flexibility index (Phi) is 5.46. The van der Waals surface area contributed by atoms with Crippen molar-refractivity contribution in [2.75, 3.05) is 0 Å².